The van der Waals surface area contributed by atoms with Crippen LogP contribution in [0.15, 0.2) is 176 Å². The Balaban J connectivity index is 1.36. The molecule has 8 rings (SSSR count). The minimum absolute atomic E-state index is 0.0910. The average molecular weight is 590 g/mol. The Labute approximate surface area is 272 Å². The van der Waals surface area contributed by atoms with Crippen molar-refractivity contribution in [1.82, 2.24) is 0 Å². The third-order valence-corrected chi connectivity index (χ3v) is 9.47. The van der Waals surface area contributed by atoms with E-state index >= 15 is 0 Å². The molecule has 46 heavy (non-hydrogen) atoms. The van der Waals surface area contributed by atoms with Crippen LogP contribution in [-0.2, 0) is 5.41 Å². The highest BCUT2D eigenvalue weighted by Gasteiger charge is 2.36. The van der Waals surface area contributed by atoms with Crippen molar-refractivity contribution < 1.29 is 0 Å². The van der Waals surface area contributed by atoms with E-state index in [0.29, 0.717) is 0 Å². The molecule has 0 aliphatic heterocycles. The summed E-state index contributed by atoms with van der Waals surface area (Å²) in [5.74, 6) is 0. The second-order valence-corrected chi connectivity index (χ2v) is 12.6. The van der Waals surface area contributed by atoms with Gasteiger partial charge >= 0.3 is 0 Å². The minimum Gasteiger partial charge on any atom is -0.310 e. The summed E-state index contributed by atoms with van der Waals surface area (Å²) in [7, 11) is 0. The number of anilines is 3. The molecule has 1 nitrogen and oxygen atoms in total. The van der Waals surface area contributed by atoms with Crippen molar-refractivity contribution in [2.75, 3.05) is 4.90 Å². The average Bonchev–Trinajstić information content (AvgIpc) is 3.35. The van der Waals surface area contributed by atoms with E-state index < -0.39 is 0 Å². The zero-order valence-corrected chi connectivity index (χ0v) is 26.2. The molecular weight excluding hydrogens is 555 g/mol. The highest BCUT2D eigenvalue weighted by molar-refractivity contribution is 5.97. The molecule has 0 aromatic heterocycles. The molecule has 0 heterocycles. The van der Waals surface area contributed by atoms with Crippen LogP contribution in [0.5, 0.6) is 0 Å². The molecular formula is C45H35N. The largest absolute Gasteiger partial charge is 0.310 e. The van der Waals surface area contributed by atoms with Crippen molar-refractivity contribution in [3.63, 3.8) is 0 Å². The van der Waals surface area contributed by atoms with Crippen LogP contribution in [0.3, 0.4) is 0 Å². The quantitative estimate of drug-likeness (QED) is 0.186. The van der Waals surface area contributed by atoms with Gasteiger partial charge in [-0.2, -0.15) is 0 Å². The van der Waals surface area contributed by atoms with Crippen molar-refractivity contribution in [2.24, 2.45) is 0 Å². The van der Waals surface area contributed by atoms with Crippen LogP contribution >= 0.6 is 0 Å². The maximum Gasteiger partial charge on any atom is 0.0546 e. The van der Waals surface area contributed by atoms with Crippen molar-refractivity contribution >= 4 is 17.1 Å². The molecule has 0 saturated carbocycles. The van der Waals surface area contributed by atoms with Crippen LogP contribution < -0.4 is 4.90 Å². The van der Waals surface area contributed by atoms with Gasteiger partial charge < -0.3 is 4.90 Å². The number of hydrogen-bond acceptors (Lipinski definition) is 1. The Bertz CT molecular complexity index is 2160. The molecule has 0 spiro atoms. The fourth-order valence-electron chi connectivity index (χ4n) is 7.21. The van der Waals surface area contributed by atoms with E-state index in [4.69, 9.17) is 0 Å². The molecule has 1 aliphatic carbocycles. The third kappa shape index (κ3) is 4.73. The Morgan fingerprint density at radius 2 is 0.935 bits per heavy atom. The number of hydrogen-bond donors (Lipinski definition) is 0. The minimum atomic E-state index is -0.0910. The lowest BCUT2D eigenvalue weighted by atomic mass is 9.82. The molecule has 0 saturated heterocycles. The molecule has 0 bridgehead atoms. The Morgan fingerprint density at radius 3 is 1.70 bits per heavy atom. The van der Waals surface area contributed by atoms with Crippen LogP contribution in [0.4, 0.5) is 17.1 Å². The van der Waals surface area contributed by atoms with E-state index in [1.807, 2.05) is 0 Å². The van der Waals surface area contributed by atoms with Crippen molar-refractivity contribution in [3.8, 4) is 44.5 Å². The summed E-state index contributed by atoms with van der Waals surface area (Å²) < 4.78 is 0. The first-order chi connectivity index (χ1) is 22.6. The molecule has 0 fully saturated rings. The summed E-state index contributed by atoms with van der Waals surface area (Å²) in [6, 6.07) is 63.8. The number of para-hydroxylation sites is 1. The van der Waals surface area contributed by atoms with E-state index in [1.165, 1.54) is 55.6 Å². The summed E-state index contributed by atoms with van der Waals surface area (Å²) in [5.41, 5.74) is 16.0. The van der Waals surface area contributed by atoms with Crippen molar-refractivity contribution in [2.45, 2.75) is 19.3 Å². The van der Waals surface area contributed by atoms with Gasteiger partial charge in [0.05, 0.1) is 5.69 Å². The third-order valence-electron chi connectivity index (χ3n) is 9.47. The molecule has 7 aromatic rings. The normalized spacial score (nSPS) is 12.7. The van der Waals surface area contributed by atoms with E-state index in [-0.39, 0.29) is 5.41 Å². The molecule has 0 atom stereocenters. The lowest BCUT2D eigenvalue weighted by Crippen LogP contribution is -2.17. The van der Waals surface area contributed by atoms with Gasteiger partial charge in [0, 0.05) is 22.4 Å². The highest BCUT2D eigenvalue weighted by atomic mass is 15.1. The molecule has 0 N–H and O–H groups in total. The monoisotopic (exact) mass is 589 g/mol. The van der Waals surface area contributed by atoms with E-state index in [2.05, 4.69) is 195 Å². The van der Waals surface area contributed by atoms with Gasteiger partial charge in [0.1, 0.15) is 0 Å². The summed E-state index contributed by atoms with van der Waals surface area (Å²) in [5, 5.41) is 0. The fourth-order valence-corrected chi connectivity index (χ4v) is 7.21. The van der Waals surface area contributed by atoms with Crippen molar-refractivity contribution in [3.05, 3.63) is 187 Å². The van der Waals surface area contributed by atoms with Gasteiger partial charge in [-0.3, -0.25) is 0 Å². The number of rotatable bonds is 6. The Kier molecular flexibility index (Phi) is 6.88. The molecule has 1 heteroatoms. The first-order valence-corrected chi connectivity index (χ1v) is 16.0. The number of benzene rings is 7. The van der Waals surface area contributed by atoms with Crippen molar-refractivity contribution in [1.29, 1.82) is 0 Å². The van der Waals surface area contributed by atoms with E-state index in [1.54, 1.807) is 0 Å². The molecule has 0 unspecified atom stereocenters. The summed E-state index contributed by atoms with van der Waals surface area (Å²) in [6.45, 7) is 4.70. The molecule has 0 radical (unpaired) electrons. The first-order valence-electron chi connectivity index (χ1n) is 16.0. The first kappa shape index (κ1) is 27.9. The second kappa shape index (κ2) is 11.4. The molecule has 1 aliphatic rings. The van der Waals surface area contributed by atoms with Crippen LogP contribution in [0, 0.1) is 0 Å². The number of nitrogens with zero attached hydrogens (tertiary/aromatic N) is 1. The lowest BCUT2D eigenvalue weighted by Gasteiger charge is -2.30. The van der Waals surface area contributed by atoms with Crippen LogP contribution in [-0.4, -0.2) is 0 Å². The van der Waals surface area contributed by atoms with Crippen LogP contribution in [0.25, 0.3) is 44.5 Å². The Morgan fingerprint density at radius 1 is 0.370 bits per heavy atom. The highest BCUT2D eigenvalue weighted by Crippen LogP contribution is 2.52. The Hall–Kier alpha value is -5.66. The van der Waals surface area contributed by atoms with E-state index in [0.717, 1.165) is 17.1 Å². The van der Waals surface area contributed by atoms with Gasteiger partial charge in [0.15, 0.2) is 0 Å². The van der Waals surface area contributed by atoms with Gasteiger partial charge in [0.25, 0.3) is 0 Å². The lowest BCUT2D eigenvalue weighted by molar-refractivity contribution is 0.660. The second-order valence-electron chi connectivity index (χ2n) is 12.6. The fraction of sp³-hybridized carbons (Fsp3) is 0.0667. The predicted molar refractivity (Wildman–Crippen MR) is 195 cm³/mol. The molecule has 0 amide bonds. The zero-order chi connectivity index (χ0) is 31.1. The summed E-state index contributed by atoms with van der Waals surface area (Å²) >= 11 is 0. The smallest absolute Gasteiger partial charge is 0.0546 e. The van der Waals surface area contributed by atoms with Gasteiger partial charge in [-0.1, -0.05) is 153 Å². The molecule has 7 aromatic carbocycles. The summed E-state index contributed by atoms with van der Waals surface area (Å²) in [6.07, 6.45) is 0. The zero-order valence-electron chi connectivity index (χ0n) is 26.2. The maximum atomic E-state index is 2.44. The SMILES string of the molecule is CC1(C)c2ccccc2-c2ccc(N(c3ccccc3)c3cccc(-c4cccc(-c5ccccc5)c4)c3-c3ccccc3)cc21. The van der Waals surface area contributed by atoms with Crippen LogP contribution in [0.1, 0.15) is 25.0 Å². The van der Waals surface area contributed by atoms with E-state index in [9.17, 15) is 0 Å². The van der Waals surface area contributed by atoms with Gasteiger partial charge in [-0.05, 0) is 86.5 Å². The standard InChI is InChI=1S/C45H35N/c1-45(2)41-26-13-12-24-39(41)40-29-28-37(31-42(40)45)46(36-22-10-5-11-23-36)43-27-15-25-38(44(43)33-18-8-4-9-19-33)35-21-14-20-34(30-35)32-16-6-3-7-17-32/h3-31H,1-2H3. The predicted octanol–water partition coefficient (Wildman–Crippen LogP) is 12.5. The summed E-state index contributed by atoms with van der Waals surface area (Å²) in [4.78, 5) is 2.44. The topological polar surface area (TPSA) is 3.24 Å². The van der Waals surface area contributed by atoms with Gasteiger partial charge in [-0.15, -0.1) is 0 Å². The van der Waals surface area contributed by atoms with Crippen LogP contribution in [0.2, 0.25) is 0 Å². The number of fused-ring (bicyclic) bond motifs is 3. The maximum absolute atomic E-state index is 2.44. The van der Waals surface area contributed by atoms with Gasteiger partial charge in [0.2, 0.25) is 0 Å². The molecule has 220 valence electrons. The van der Waals surface area contributed by atoms with Gasteiger partial charge in [-0.25, -0.2) is 0 Å².